The van der Waals surface area contributed by atoms with Crippen molar-refractivity contribution in [1.82, 2.24) is 0 Å². The predicted octanol–water partition coefficient (Wildman–Crippen LogP) is 5.50. The summed E-state index contributed by atoms with van der Waals surface area (Å²) in [6.07, 6.45) is 1.54. The number of halogens is 2. The van der Waals surface area contributed by atoms with E-state index in [9.17, 15) is 4.79 Å². The van der Waals surface area contributed by atoms with Crippen molar-refractivity contribution in [2.24, 2.45) is 0 Å². The molecule has 21 heavy (non-hydrogen) atoms. The maximum atomic E-state index is 12.1. The van der Waals surface area contributed by atoms with Gasteiger partial charge in [0, 0.05) is 22.4 Å². The summed E-state index contributed by atoms with van der Waals surface area (Å²) in [6, 6.07) is 12.5. The van der Waals surface area contributed by atoms with E-state index < -0.39 is 0 Å². The van der Waals surface area contributed by atoms with E-state index in [4.69, 9.17) is 23.2 Å². The van der Waals surface area contributed by atoms with Crippen LogP contribution >= 0.6 is 23.2 Å². The van der Waals surface area contributed by atoms with Crippen LogP contribution < -0.4 is 5.32 Å². The Balaban J connectivity index is 2.15. The molecule has 0 aliphatic carbocycles. The van der Waals surface area contributed by atoms with Gasteiger partial charge in [-0.1, -0.05) is 29.3 Å². The molecule has 0 fully saturated rings. The van der Waals surface area contributed by atoms with Crippen LogP contribution in [0.1, 0.15) is 22.8 Å². The van der Waals surface area contributed by atoms with E-state index in [1.165, 1.54) is 0 Å². The molecule has 0 saturated carbocycles. The number of ketones is 1. The SMILES string of the molecule is C/C(=C\C(=O)c1ccc(Cl)cc1)Nc1cc(C)ccc1Cl. The molecule has 2 rings (SSSR count). The second kappa shape index (κ2) is 6.79. The predicted molar refractivity (Wildman–Crippen MR) is 89.4 cm³/mol. The van der Waals surface area contributed by atoms with Crippen LogP contribution in [-0.2, 0) is 0 Å². The number of carbonyl (C=O) groups excluding carboxylic acids is 1. The molecule has 4 heteroatoms. The third-order valence-electron chi connectivity index (χ3n) is 2.93. The normalized spacial score (nSPS) is 11.3. The summed E-state index contributed by atoms with van der Waals surface area (Å²) in [5, 5.41) is 4.37. The molecule has 0 amide bonds. The Morgan fingerprint density at radius 2 is 1.76 bits per heavy atom. The van der Waals surface area contributed by atoms with E-state index in [2.05, 4.69) is 5.32 Å². The maximum absolute atomic E-state index is 12.1. The quantitative estimate of drug-likeness (QED) is 0.595. The number of nitrogens with one attached hydrogen (secondary N) is 1. The maximum Gasteiger partial charge on any atom is 0.187 e. The van der Waals surface area contributed by atoms with Gasteiger partial charge in [-0.15, -0.1) is 0 Å². The third-order valence-corrected chi connectivity index (χ3v) is 3.51. The van der Waals surface area contributed by atoms with Gasteiger partial charge in [0.2, 0.25) is 0 Å². The molecule has 0 radical (unpaired) electrons. The van der Waals surface area contributed by atoms with Gasteiger partial charge in [0.25, 0.3) is 0 Å². The first kappa shape index (κ1) is 15.6. The second-order valence-corrected chi connectivity index (χ2v) is 5.65. The number of benzene rings is 2. The van der Waals surface area contributed by atoms with Crippen LogP contribution in [0.15, 0.2) is 54.2 Å². The lowest BCUT2D eigenvalue weighted by Gasteiger charge is -2.09. The minimum atomic E-state index is -0.0829. The van der Waals surface area contributed by atoms with Crippen LogP contribution in [0.3, 0.4) is 0 Å². The largest absolute Gasteiger partial charge is 0.358 e. The highest BCUT2D eigenvalue weighted by molar-refractivity contribution is 6.33. The molecule has 0 aromatic heterocycles. The van der Waals surface area contributed by atoms with Gasteiger partial charge in [-0.05, 0) is 55.8 Å². The van der Waals surface area contributed by atoms with Gasteiger partial charge in [0.15, 0.2) is 5.78 Å². The van der Waals surface area contributed by atoms with E-state index in [1.807, 2.05) is 32.0 Å². The molecule has 0 saturated heterocycles. The first-order valence-electron chi connectivity index (χ1n) is 6.47. The Bertz CT molecular complexity index is 690. The molecule has 108 valence electrons. The van der Waals surface area contributed by atoms with Crippen molar-refractivity contribution in [3.8, 4) is 0 Å². The van der Waals surface area contributed by atoms with Gasteiger partial charge < -0.3 is 5.32 Å². The molecule has 0 spiro atoms. The van der Waals surface area contributed by atoms with Crippen LogP contribution in [0.2, 0.25) is 10.0 Å². The number of aryl methyl sites for hydroxylation is 1. The molecular formula is C17H15Cl2NO. The zero-order valence-electron chi connectivity index (χ0n) is 11.8. The average Bonchev–Trinajstić information content (AvgIpc) is 2.43. The Morgan fingerprint density at radius 3 is 2.43 bits per heavy atom. The fourth-order valence-electron chi connectivity index (χ4n) is 1.88. The third kappa shape index (κ3) is 4.35. The van der Waals surface area contributed by atoms with Crippen molar-refractivity contribution in [2.45, 2.75) is 13.8 Å². The number of carbonyl (C=O) groups is 1. The zero-order chi connectivity index (χ0) is 15.4. The van der Waals surface area contributed by atoms with E-state index in [0.717, 1.165) is 16.9 Å². The van der Waals surface area contributed by atoms with Gasteiger partial charge in [0.1, 0.15) is 0 Å². The van der Waals surface area contributed by atoms with Crippen molar-refractivity contribution in [1.29, 1.82) is 0 Å². The molecule has 0 heterocycles. The summed E-state index contributed by atoms with van der Waals surface area (Å²) < 4.78 is 0. The molecule has 0 bridgehead atoms. The summed E-state index contributed by atoms with van der Waals surface area (Å²) in [5.74, 6) is -0.0829. The fraction of sp³-hybridized carbons (Fsp3) is 0.118. The highest BCUT2D eigenvalue weighted by atomic mass is 35.5. The average molecular weight is 320 g/mol. The highest BCUT2D eigenvalue weighted by Crippen LogP contribution is 2.24. The molecule has 2 aromatic rings. The Kier molecular flexibility index (Phi) is 5.05. The van der Waals surface area contributed by atoms with Crippen LogP contribution in [0.4, 0.5) is 5.69 Å². The number of anilines is 1. The lowest BCUT2D eigenvalue weighted by atomic mass is 10.1. The minimum Gasteiger partial charge on any atom is -0.358 e. The standard InChI is InChI=1S/C17H15Cl2NO/c1-11-3-8-15(19)16(9-11)20-12(2)10-17(21)13-4-6-14(18)7-5-13/h3-10,20H,1-2H3/b12-10+. The highest BCUT2D eigenvalue weighted by Gasteiger charge is 2.05. The molecule has 2 aromatic carbocycles. The first-order chi connectivity index (χ1) is 9.95. The summed E-state index contributed by atoms with van der Waals surface area (Å²) in [6.45, 7) is 3.81. The van der Waals surface area contributed by atoms with Gasteiger partial charge >= 0.3 is 0 Å². The topological polar surface area (TPSA) is 29.1 Å². The minimum absolute atomic E-state index is 0.0829. The van der Waals surface area contributed by atoms with Crippen molar-refractivity contribution < 1.29 is 4.79 Å². The smallest absolute Gasteiger partial charge is 0.187 e. The van der Waals surface area contributed by atoms with Crippen LogP contribution in [0.25, 0.3) is 0 Å². The molecule has 0 aliphatic heterocycles. The van der Waals surface area contributed by atoms with Crippen LogP contribution in [0.5, 0.6) is 0 Å². The van der Waals surface area contributed by atoms with Crippen molar-refractivity contribution in [2.75, 3.05) is 5.32 Å². The summed E-state index contributed by atoms with van der Waals surface area (Å²) in [5.41, 5.74) is 3.20. The second-order valence-electron chi connectivity index (χ2n) is 4.81. The van der Waals surface area contributed by atoms with Gasteiger partial charge in [-0.2, -0.15) is 0 Å². The fourth-order valence-corrected chi connectivity index (χ4v) is 2.17. The summed E-state index contributed by atoms with van der Waals surface area (Å²) >= 11 is 11.9. The molecule has 0 aliphatic rings. The summed E-state index contributed by atoms with van der Waals surface area (Å²) in [7, 11) is 0. The van der Waals surface area contributed by atoms with E-state index in [0.29, 0.717) is 15.6 Å². The molecular weight excluding hydrogens is 305 g/mol. The van der Waals surface area contributed by atoms with E-state index in [1.54, 1.807) is 30.3 Å². The monoisotopic (exact) mass is 319 g/mol. The lowest BCUT2D eigenvalue weighted by molar-refractivity contribution is 0.104. The molecule has 0 unspecified atom stereocenters. The Labute approximate surface area is 134 Å². The Morgan fingerprint density at radius 1 is 1.10 bits per heavy atom. The number of rotatable bonds is 4. The summed E-state index contributed by atoms with van der Waals surface area (Å²) in [4.78, 5) is 12.1. The van der Waals surface area contributed by atoms with Gasteiger partial charge in [0.05, 0.1) is 10.7 Å². The van der Waals surface area contributed by atoms with Crippen LogP contribution in [-0.4, -0.2) is 5.78 Å². The molecule has 2 nitrogen and oxygen atoms in total. The number of allylic oxidation sites excluding steroid dienone is 2. The van der Waals surface area contributed by atoms with Crippen molar-refractivity contribution in [3.05, 3.63) is 75.4 Å². The van der Waals surface area contributed by atoms with Crippen LogP contribution in [0, 0.1) is 6.92 Å². The van der Waals surface area contributed by atoms with Gasteiger partial charge in [-0.25, -0.2) is 0 Å². The zero-order valence-corrected chi connectivity index (χ0v) is 13.3. The molecule has 0 atom stereocenters. The first-order valence-corrected chi connectivity index (χ1v) is 7.22. The number of hydrogen-bond donors (Lipinski definition) is 1. The van der Waals surface area contributed by atoms with E-state index >= 15 is 0 Å². The lowest BCUT2D eigenvalue weighted by Crippen LogP contribution is -2.02. The van der Waals surface area contributed by atoms with Crippen molar-refractivity contribution in [3.63, 3.8) is 0 Å². The van der Waals surface area contributed by atoms with Gasteiger partial charge in [-0.3, -0.25) is 4.79 Å². The Hall–Kier alpha value is -1.77. The van der Waals surface area contributed by atoms with E-state index in [-0.39, 0.29) is 5.78 Å². The van der Waals surface area contributed by atoms with Crippen molar-refractivity contribution >= 4 is 34.7 Å². The number of hydrogen-bond acceptors (Lipinski definition) is 2. The molecule has 1 N–H and O–H groups in total.